The number of nitrogens with zero attached hydrogens (tertiary/aromatic N) is 2. The van der Waals surface area contributed by atoms with Gasteiger partial charge in [0.2, 0.25) is 0 Å². The molecule has 1 aromatic heterocycles. The zero-order chi connectivity index (χ0) is 10.6. The van der Waals surface area contributed by atoms with E-state index < -0.39 is 0 Å². The molecule has 0 bridgehead atoms. The van der Waals surface area contributed by atoms with E-state index in [1.165, 1.54) is 12.3 Å². The molecule has 0 atom stereocenters. The molecule has 72 valence electrons. The topological polar surface area (TPSA) is 53.8 Å². The maximum atomic E-state index is 11.6. The van der Waals surface area contributed by atoms with Crippen molar-refractivity contribution in [3.63, 3.8) is 0 Å². The molecule has 0 saturated heterocycles. The van der Waals surface area contributed by atoms with Crippen molar-refractivity contribution >= 4 is 5.78 Å². The Morgan fingerprint density at radius 1 is 1.64 bits per heavy atom. The summed E-state index contributed by atoms with van der Waals surface area (Å²) in [4.78, 5) is 15.5. The van der Waals surface area contributed by atoms with Gasteiger partial charge in [-0.25, -0.2) is 0 Å². The Balaban J connectivity index is 2.86. The normalized spacial score (nSPS) is 9.86. The molecule has 0 aromatic carbocycles. The molecule has 0 aliphatic carbocycles. The van der Waals surface area contributed by atoms with Crippen LogP contribution in [0.2, 0.25) is 0 Å². The van der Waals surface area contributed by atoms with Crippen LogP contribution in [0.1, 0.15) is 36.3 Å². The van der Waals surface area contributed by atoms with Crippen LogP contribution in [0.3, 0.4) is 0 Å². The first kappa shape index (κ1) is 10.4. The number of carbonyl (C=O) groups is 1. The monoisotopic (exact) mass is 188 g/mol. The molecule has 0 saturated carbocycles. The summed E-state index contributed by atoms with van der Waals surface area (Å²) in [6.07, 6.45) is 1.97. The van der Waals surface area contributed by atoms with Crippen molar-refractivity contribution in [3.05, 3.63) is 29.6 Å². The second-order valence-corrected chi connectivity index (χ2v) is 3.56. The number of pyridine rings is 1. The maximum Gasteiger partial charge on any atom is 0.181 e. The molecule has 3 nitrogen and oxygen atoms in total. The third-order valence-corrected chi connectivity index (χ3v) is 1.77. The molecular formula is C11H12N2O. The van der Waals surface area contributed by atoms with Gasteiger partial charge >= 0.3 is 0 Å². The number of rotatable bonds is 3. The van der Waals surface area contributed by atoms with Crippen molar-refractivity contribution in [1.29, 1.82) is 5.26 Å². The van der Waals surface area contributed by atoms with Gasteiger partial charge in [-0.1, -0.05) is 13.8 Å². The fraction of sp³-hybridized carbons (Fsp3) is 0.364. The fourth-order valence-electron chi connectivity index (χ4n) is 1.13. The number of nitriles is 1. The van der Waals surface area contributed by atoms with Gasteiger partial charge in [-0.3, -0.25) is 9.78 Å². The summed E-state index contributed by atoms with van der Waals surface area (Å²) in [7, 11) is 0. The van der Waals surface area contributed by atoms with E-state index in [2.05, 4.69) is 4.98 Å². The Hall–Kier alpha value is -1.69. The quantitative estimate of drug-likeness (QED) is 0.683. The van der Waals surface area contributed by atoms with Crippen LogP contribution in [0, 0.1) is 17.2 Å². The van der Waals surface area contributed by atoms with Gasteiger partial charge in [0.05, 0.1) is 11.6 Å². The number of hydrogen-bond acceptors (Lipinski definition) is 3. The van der Waals surface area contributed by atoms with Crippen LogP contribution in [0.4, 0.5) is 0 Å². The summed E-state index contributed by atoms with van der Waals surface area (Å²) in [6.45, 7) is 3.96. The Kier molecular flexibility index (Phi) is 3.35. The minimum atomic E-state index is -0.00269. The van der Waals surface area contributed by atoms with Crippen LogP contribution >= 0.6 is 0 Å². The van der Waals surface area contributed by atoms with Crippen molar-refractivity contribution in [2.45, 2.75) is 20.3 Å². The van der Waals surface area contributed by atoms with E-state index in [1.807, 2.05) is 19.9 Å². The van der Waals surface area contributed by atoms with Gasteiger partial charge in [-0.15, -0.1) is 0 Å². The number of hydrogen-bond donors (Lipinski definition) is 0. The lowest BCUT2D eigenvalue weighted by molar-refractivity contribution is 0.0963. The van der Waals surface area contributed by atoms with E-state index in [0.717, 1.165) is 0 Å². The van der Waals surface area contributed by atoms with Gasteiger partial charge in [0.25, 0.3) is 0 Å². The first-order chi connectivity index (χ1) is 6.63. The van der Waals surface area contributed by atoms with Gasteiger partial charge in [0, 0.05) is 12.6 Å². The lowest BCUT2D eigenvalue weighted by Crippen LogP contribution is -2.05. The number of Topliss-reactive ketones (excluding diaryl/α,β-unsaturated/α-hetero) is 1. The number of carbonyl (C=O) groups excluding carboxylic acids is 1. The molecule has 1 rings (SSSR count). The molecule has 0 amide bonds. The van der Waals surface area contributed by atoms with Crippen LogP contribution in [0.5, 0.6) is 0 Å². The molecular weight excluding hydrogens is 176 g/mol. The number of ketones is 1. The van der Waals surface area contributed by atoms with Gasteiger partial charge in [0.1, 0.15) is 5.69 Å². The second kappa shape index (κ2) is 4.52. The maximum absolute atomic E-state index is 11.6. The van der Waals surface area contributed by atoms with E-state index in [1.54, 1.807) is 6.07 Å². The minimum absolute atomic E-state index is 0.00269. The fourth-order valence-corrected chi connectivity index (χ4v) is 1.13. The smallest absolute Gasteiger partial charge is 0.181 e. The predicted octanol–water partition coefficient (Wildman–Crippen LogP) is 2.18. The van der Waals surface area contributed by atoms with Crippen LogP contribution in [0.15, 0.2) is 18.3 Å². The molecule has 14 heavy (non-hydrogen) atoms. The van der Waals surface area contributed by atoms with Gasteiger partial charge in [0.15, 0.2) is 5.78 Å². The minimum Gasteiger partial charge on any atom is -0.292 e. The summed E-state index contributed by atoms with van der Waals surface area (Å²) in [5, 5.41) is 8.64. The van der Waals surface area contributed by atoms with E-state index in [0.29, 0.717) is 23.6 Å². The lowest BCUT2D eigenvalue weighted by Gasteiger charge is -2.02. The molecule has 0 aliphatic rings. The highest BCUT2D eigenvalue weighted by atomic mass is 16.1. The first-order valence-electron chi connectivity index (χ1n) is 4.53. The van der Waals surface area contributed by atoms with Crippen LogP contribution < -0.4 is 0 Å². The van der Waals surface area contributed by atoms with Crippen molar-refractivity contribution in [2.75, 3.05) is 0 Å². The summed E-state index contributed by atoms with van der Waals surface area (Å²) in [5.41, 5.74) is 0.866. The van der Waals surface area contributed by atoms with Gasteiger partial charge in [-0.05, 0) is 18.1 Å². The van der Waals surface area contributed by atoms with Crippen LogP contribution in [-0.2, 0) is 0 Å². The Morgan fingerprint density at radius 3 is 2.93 bits per heavy atom. The molecule has 0 aliphatic heterocycles. The molecule has 0 N–H and O–H groups in total. The highest BCUT2D eigenvalue weighted by Gasteiger charge is 2.09. The zero-order valence-corrected chi connectivity index (χ0v) is 8.32. The summed E-state index contributed by atoms with van der Waals surface area (Å²) in [6, 6.07) is 5.11. The third kappa shape index (κ3) is 2.67. The average molecular weight is 188 g/mol. The van der Waals surface area contributed by atoms with Crippen molar-refractivity contribution in [3.8, 4) is 6.07 Å². The molecule has 0 fully saturated rings. The van der Waals surface area contributed by atoms with E-state index in [4.69, 9.17) is 5.26 Å². The molecule has 0 spiro atoms. The van der Waals surface area contributed by atoms with E-state index in [9.17, 15) is 4.79 Å². The molecule has 0 unspecified atom stereocenters. The van der Waals surface area contributed by atoms with Crippen molar-refractivity contribution in [2.24, 2.45) is 5.92 Å². The largest absolute Gasteiger partial charge is 0.292 e. The van der Waals surface area contributed by atoms with Crippen molar-refractivity contribution < 1.29 is 4.79 Å². The molecule has 1 aromatic rings. The van der Waals surface area contributed by atoms with Gasteiger partial charge < -0.3 is 0 Å². The van der Waals surface area contributed by atoms with Crippen LogP contribution in [-0.4, -0.2) is 10.8 Å². The summed E-state index contributed by atoms with van der Waals surface area (Å²) >= 11 is 0. The Morgan fingerprint density at radius 2 is 2.36 bits per heavy atom. The summed E-state index contributed by atoms with van der Waals surface area (Å²) < 4.78 is 0. The molecule has 1 heterocycles. The zero-order valence-electron chi connectivity index (χ0n) is 8.32. The molecule has 0 radical (unpaired) electrons. The van der Waals surface area contributed by atoms with E-state index >= 15 is 0 Å². The first-order valence-corrected chi connectivity index (χ1v) is 4.53. The lowest BCUT2D eigenvalue weighted by atomic mass is 10.0. The Bertz CT molecular complexity index is 377. The SMILES string of the molecule is CC(C)CC(=O)c1cc(C#N)ccn1. The average Bonchev–Trinajstić information content (AvgIpc) is 2.17. The van der Waals surface area contributed by atoms with Crippen molar-refractivity contribution in [1.82, 2.24) is 4.98 Å². The molecule has 3 heteroatoms. The highest BCUT2D eigenvalue weighted by Crippen LogP contribution is 2.08. The van der Waals surface area contributed by atoms with E-state index in [-0.39, 0.29) is 5.78 Å². The highest BCUT2D eigenvalue weighted by molar-refractivity contribution is 5.94. The standard InChI is InChI=1S/C11H12N2O/c1-8(2)5-11(14)10-6-9(7-12)3-4-13-10/h3-4,6,8H,5H2,1-2H3. The predicted molar refractivity (Wildman–Crippen MR) is 52.7 cm³/mol. The summed E-state index contributed by atoms with van der Waals surface area (Å²) in [5.74, 6) is 0.312. The van der Waals surface area contributed by atoms with Crippen LogP contribution in [0.25, 0.3) is 0 Å². The second-order valence-electron chi connectivity index (χ2n) is 3.56. The number of aromatic nitrogens is 1. The third-order valence-electron chi connectivity index (χ3n) is 1.77. The Labute approximate surface area is 83.4 Å². The van der Waals surface area contributed by atoms with Gasteiger partial charge in [-0.2, -0.15) is 5.26 Å².